The topological polar surface area (TPSA) is 38.9 Å². The Kier molecular flexibility index (Phi) is 3.06. The number of hydrogen-bond donors (Lipinski definition) is 0. The molecule has 94 valence electrons. The van der Waals surface area contributed by atoms with E-state index in [9.17, 15) is 4.39 Å². The van der Waals surface area contributed by atoms with E-state index in [4.69, 9.17) is 4.42 Å². The number of halogens is 1. The van der Waals surface area contributed by atoms with Crippen LogP contribution in [0.25, 0.3) is 0 Å². The fourth-order valence-corrected chi connectivity index (χ4v) is 2.09. The maximum Gasteiger partial charge on any atom is 0.123 e. The second-order valence-electron chi connectivity index (χ2n) is 4.17. The average Bonchev–Trinajstić information content (AvgIpc) is 2.96. The average molecular weight is 254 g/mol. The molecule has 0 bridgehead atoms. The molecule has 2 aromatic heterocycles. The number of hydrogen-bond acceptors (Lipinski definition) is 3. The monoisotopic (exact) mass is 254 g/mol. The normalized spacial score (nSPS) is 12.3. The highest BCUT2D eigenvalue weighted by Crippen LogP contribution is 2.31. The predicted molar refractivity (Wildman–Crippen MR) is 68.1 cm³/mol. The van der Waals surface area contributed by atoms with E-state index in [2.05, 4.69) is 9.97 Å². The van der Waals surface area contributed by atoms with Gasteiger partial charge in [-0.25, -0.2) is 14.4 Å². The summed E-state index contributed by atoms with van der Waals surface area (Å²) in [5.41, 5.74) is 1.84. The lowest BCUT2D eigenvalue weighted by Gasteiger charge is -2.14. The van der Waals surface area contributed by atoms with E-state index >= 15 is 0 Å². The summed E-state index contributed by atoms with van der Waals surface area (Å²) in [5, 5.41) is 0. The van der Waals surface area contributed by atoms with E-state index in [1.807, 2.05) is 12.1 Å². The Labute approximate surface area is 109 Å². The zero-order chi connectivity index (χ0) is 13.1. The summed E-state index contributed by atoms with van der Waals surface area (Å²) in [7, 11) is 0. The van der Waals surface area contributed by atoms with E-state index in [1.165, 1.54) is 18.5 Å². The van der Waals surface area contributed by atoms with Gasteiger partial charge in [0, 0.05) is 18.0 Å². The third-order valence-electron chi connectivity index (χ3n) is 2.94. The Morgan fingerprint density at radius 2 is 1.68 bits per heavy atom. The van der Waals surface area contributed by atoms with Crippen LogP contribution in [0, 0.1) is 5.82 Å². The van der Waals surface area contributed by atoms with Crippen molar-refractivity contribution >= 4 is 0 Å². The van der Waals surface area contributed by atoms with Crippen molar-refractivity contribution in [1.82, 2.24) is 9.97 Å². The van der Waals surface area contributed by atoms with Crippen LogP contribution in [0.4, 0.5) is 4.39 Å². The number of rotatable bonds is 3. The molecule has 0 aliphatic carbocycles. The van der Waals surface area contributed by atoms with Gasteiger partial charge in [0.05, 0.1) is 12.2 Å². The molecule has 19 heavy (non-hydrogen) atoms. The summed E-state index contributed by atoms with van der Waals surface area (Å²) in [5.74, 6) is 0.393. The van der Waals surface area contributed by atoms with Crippen LogP contribution in [0.1, 0.15) is 22.8 Å². The first-order chi connectivity index (χ1) is 9.34. The Bertz CT molecular complexity index is 636. The second kappa shape index (κ2) is 5.02. The molecule has 0 fully saturated rings. The maximum absolute atomic E-state index is 13.0. The Balaban J connectivity index is 2.10. The third-order valence-corrected chi connectivity index (χ3v) is 2.94. The molecule has 3 nitrogen and oxygen atoms in total. The molecule has 0 amide bonds. The zero-order valence-electron chi connectivity index (χ0n) is 10.0. The van der Waals surface area contributed by atoms with Gasteiger partial charge in [0.2, 0.25) is 0 Å². The maximum atomic E-state index is 13.0. The minimum Gasteiger partial charge on any atom is -0.468 e. The van der Waals surface area contributed by atoms with Crippen LogP contribution < -0.4 is 0 Å². The van der Waals surface area contributed by atoms with Crippen molar-refractivity contribution in [2.45, 2.75) is 5.92 Å². The Morgan fingerprint density at radius 3 is 2.32 bits per heavy atom. The molecular formula is C15H11FN2O. The lowest BCUT2D eigenvalue weighted by atomic mass is 9.91. The molecule has 3 rings (SSSR count). The molecule has 1 atom stereocenters. The van der Waals surface area contributed by atoms with Gasteiger partial charge >= 0.3 is 0 Å². The zero-order valence-corrected chi connectivity index (χ0v) is 10.0. The van der Waals surface area contributed by atoms with Gasteiger partial charge in [0.25, 0.3) is 0 Å². The molecule has 4 heteroatoms. The minimum absolute atomic E-state index is 0.128. The molecule has 0 aliphatic heterocycles. The van der Waals surface area contributed by atoms with E-state index < -0.39 is 0 Å². The van der Waals surface area contributed by atoms with Crippen molar-refractivity contribution in [3.05, 3.63) is 84.1 Å². The van der Waals surface area contributed by atoms with Gasteiger partial charge in [0.15, 0.2) is 0 Å². The molecule has 1 unspecified atom stereocenters. The first-order valence-electron chi connectivity index (χ1n) is 5.88. The van der Waals surface area contributed by atoms with Gasteiger partial charge in [-0.05, 0) is 29.8 Å². The first kappa shape index (κ1) is 11.6. The van der Waals surface area contributed by atoms with Crippen LogP contribution in [-0.4, -0.2) is 9.97 Å². The summed E-state index contributed by atoms with van der Waals surface area (Å²) in [6, 6.07) is 10.1. The van der Waals surface area contributed by atoms with Gasteiger partial charge in [-0.2, -0.15) is 0 Å². The predicted octanol–water partition coefficient (Wildman–Crippen LogP) is 3.39. The van der Waals surface area contributed by atoms with Crippen LogP contribution in [0.3, 0.4) is 0 Å². The highest BCUT2D eigenvalue weighted by Gasteiger charge is 2.19. The van der Waals surface area contributed by atoms with Crippen molar-refractivity contribution < 1.29 is 8.81 Å². The van der Waals surface area contributed by atoms with Crippen molar-refractivity contribution in [1.29, 1.82) is 0 Å². The highest BCUT2D eigenvalue weighted by molar-refractivity contribution is 5.37. The van der Waals surface area contributed by atoms with E-state index in [-0.39, 0.29) is 11.7 Å². The van der Waals surface area contributed by atoms with Crippen LogP contribution in [0.5, 0.6) is 0 Å². The van der Waals surface area contributed by atoms with Gasteiger partial charge in [-0.1, -0.05) is 12.1 Å². The molecule has 0 saturated carbocycles. The third kappa shape index (κ3) is 2.38. The van der Waals surface area contributed by atoms with Gasteiger partial charge in [-0.15, -0.1) is 0 Å². The Hall–Kier alpha value is -2.49. The van der Waals surface area contributed by atoms with Crippen molar-refractivity contribution in [3.63, 3.8) is 0 Å². The fourth-order valence-electron chi connectivity index (χ4n) is 2.09. The van der Waals surface area contributed by atoms with Crippen LogP contribution in [0.2, 0.25) is 0 Å². The number of aromatic nitrogens is 2. The van der Waals surface area contributed by atoms with Crippen molar-refractivity contribution in [2.24, 2.45) is 0 Å². The quantitative estimate of drug-likeness (QED) is 0.719. The molecule has 1 aromatic carbocycles. The molecule has 2 heterocycles. The fraction of sp³-hybridized carbons (Fsp3) is 0.0667. The molecule has 0 N–H and O–H groups in total. The molecule has 0 aliphatic rings. The van der Waals surface area contributed by atoms with E-state index in [0.29, 0.717) is 0 Å². The van der Waals surface area contributed by atoms with Gasteiger partial charge < -0.3 is 4.42 Å². The molecule has 3 aromatic rings. The summed E-state index contributed by atoms with van der Waals surface area (Å²) < 4.78 is 18.5. The molecule has 0 spiro atoms. The first-order valence-corrected chi connectivity index (χ1v) is 5.88. The van der Waals surface area contributed by atoms with Crippen LogP contribution >= 0.6 is 0 Å². The molecule has 0 saturated heterocycles. The standard InChI is InChI=1S/C15H11FN2O/c16-13-5-3-11(4-6-13)15(14-2-1-7-19-14)12-8-17-10-18-9-12/h1-10,15H. The van der Waals surface area contributed by atoms with E-state index in [0.717, 1.165) is 16.9 Å². The lowest BCUT2D eigenvalue weighted by Crippen LogP contribution is -2.03. The number of benzene rings is 1. The summed E-state index contributed by atoms with van der Waals surface area (Å²) in [6.45, 7) is 0. The number of nitrogens with zero attached hydrogens (tertiary/aromatic N) is 2. The highest BCUT2D eigenvalue weighted by atomic mass is 19.1. The Morgan fingerprint density at radius 1 is 0.947 bits per heavy atom. The molecule has 0 radical (unpaired) electrons. The van der Waals surface area contributed by atoms with Gasteiger partial charge in [-0.3, -0.25) is 0 Å². The summed E-state index contributed by atoms with van der Waals surface area (Å²) in [6.07, 6.45) is 6.58. The largest absolute Gasteiger partial charge is 0.468 e. The van der Waals surface area contributed by atoms with Crippen LogP contribution in [-0.2, 0) is 0 Å². The summed E-state index contributed by atoms with van der Waals surface area (Å²) >= 11 is 0. The van der Waals surface area contributed by atoms with Gasteiger partial charge in [0.1, 0.15) is 17.9 Å². The second-order valence-corrected chi connectivity index (χ2v) is 4.17. The summed E-state index contributed by atoms with van der Waals surface area (Å²) in [4.78, 5) is 8.06. The lowest BCUT2D eigenvalue weighted by molar-refractivity contribution is 0.502. The van der Waals surface area contributed by atoms with Crippen LogP contribution in [0.15, 0.2) is 65.8 Å². The van der Waals surface area contributed by atoms with Crippen molar-refractivity contribution in [2.75, 3.05) is 0 Å². The van der Waals surface area contributed by atoms with Crippen molar-refractivity contribution in [3.8, 4) is 0 Å². The number of furan rings is 1. The minimum atomic E-state index is -0.258. The SMILES string of the molecule is Fc1ccc(C(c2cncnc2)c2ccco2)cc1. The van der Waals surface area contributed by atoms with E-state index in [1.54, 1.807) is 30.8 Å². The smallest absolute Gasteiger partial charge is 0.123 e. The molecular weight excluding hydrogens is 243 g/mol.